The SMILES string of the molecule is C=Cc1c(NCCCC)c(F)c(N)c2c1N(C(C)CC)C=C(C(=C)C)C2=C. The van der Waals surface area contributed by atoms with Crippen molar-refractivity contribution in [2.45, 2.75) is 53.0 Å². The summed E-state index contributed by atoms with van der Waals surface area (Å²) in [5.41, 5.74) is 11.6. The number of anilines is 3. The molecule has 2 rings (SSSR count). The van der Waals surface area contributed by atoms with Crippen LogP contribution in [0.4, 0.5) is 21.5 Å². The molecule has 1 aliphatic rings. The van der Waals surface area contributed by atoms with Crippen LogP contribution in [0.15, 0.2) is 37.1 Å². The number of unbranched alkanes of at least 4 members (excludes halogenated alkanes) is 1. The van der Waals surface area contributed by atoms with Crippen molar-refractivity contribution in [1.82, 2.24) is 0 Å². The smallest absolute Gasteiger partial charge is 0.170 e. The lowest BCUT2D eigenvalue weighted by Gasteiger charge is -2.38. The predicted octanol–water partition coefficient (Wildman–Crippen LogP) is 6.35. The lowest BCUT2D eigenvalue weighted by Crippen LogP contribution is -2.32. The Morgan fingerprint density at radius 1 is 1.41 bits per heavy atom. The number of rotatable bonds is 8. The van der Waals surface area contributed by atoms with Crippen molar-refractivity contribution in [3.05, 3.63) is 54.0 Å². The first-order chi connectivity index (χ1) is 12.8. The Morgan fingerprint density at radius 2 is 2.07 bits per heavy atom. The van der Waals surface area contributed by atoms with Gasteiger partial charge in [-0.1, -0.05) is 46.1 Å². The number of nitrogens with zero attached hydrogens (tertiary/aromatic N) is 1. The Hall–Kier alpha value is -2.49. The highest BCUT2D eigenvalue weighted by Gasteiger charge is 2.31. The summed E-state index contributed by atoms with van der Waals surface area (Å²) in [6.07, 6.45) is 6.67. The van der Waals surface area contributed by atoms with Crippen LogP contribution in [0.1, 0.15) is 58.1 Å². The molecule has 1 aromatic carbocycles. The van der Waals surface area contributed by atoms with Crippen molar-refractivity contribution in [2.75, 3.05) is 22.5 Å². The molecule has 0 aromatic heterocycles. The second kappa shape index (κ2) is 8.47. The van der Waals surface area contributed by atoms with E-state index < -0.39 is 5.82 Å². The number of nitrogens with one attached hydrogen (secondary N) is 1. The van der Waals surface area contributed by atoms with Crippen LogP contribution >= 0.6 is 0 Å². The average Bonchev–Trinajstić information content (AvgIpc) is 2.64. The Morgan fingerprint density at radius 3 is 2.59 bits per heavy atom. The van der Waals surface area contributed by atoms with E-state index in [1.165, 1.54) is 0 Å². The van der Waals surface area contributed by atoms with Gasteiger partial charge in [0.25, 0.3) is 0 Å². The number of hydrogen-bond acceptors (Lipinski definition) is 3. The fourth-order valence-electron chi connectivity index (χ4n) is 3.41. The maximum Gasteiger partial charge on any atom is 0.170 e. The van der Waals surface area contributed by atoms with E-state index in [9.17, 15) is 0 Å². The first-order valence-corrected chi connectivity index (χ1v) is 9.66. The number of hydrogen-bond donors (Lipinski definition) is 2. The summed E-state index contributed by atoms with van der Waals surface area (Å²) in [6, 6.07) is 0.207. The van der Waals surface area contributed by atoms with Crippen molar-refractivity contribution >= 4 is 28.7 Å². The standard InChI is InChI=1S/C23H32FN3/c1-8-11-12-26-22-17(10-3)23-19(21(25)20(22)24)16(7)18(14(4)5)13-27(23)15(6)9-2/h10,13,15,26H,3-4,7-9,11-12,25H2,1-2,5-6H3. The van der Waals surface area contributed by atoms with Crippen molar-refractivity contribution < 1.29 is 4.39 Å². The Bertz CT molecular complexity index is 805. The quantitative estimate of drug-likeness (QED) is 0.414. The lowest BCUT2D eigenvalue weighted by molar-refractivity contribution is 0.631. The van der Waals surface area contributed by atoms with Crippen molar-refractivity contribution in [3.63, 3.8) is 0 Å². The fraction of sp³-hybridized carbons (Fsp3) is 0.391. The average molecular weight is 370 g/mol. The van der Waals surface area contributed by atoms with E-state index in [-0.39, 0.29) is 11.7 Å². The lowest BCUT2D eigenvalue weighted by atomic mass is 9.86. The molecule has 146 valence electrons. The molecule has 1 unspecified atom stereocenters. The molecule has 27 heavy (non-hydrogen) atoms. The van der Waals surface area contributed by atoms with E-state index in [1.54, 1.807) is 6.08 Å². The fourth-order valence-corrected chi connectivity index (χ4v) is 3.41. The van der Waals surface area contributed by atoms with Gasteiger partial charge in [-0.05, 0) is 37.8 Å². The predicted molar refractivity (Wildman–Crippen MR) is 118 cm³/mol. The summed E-state index contributed by atoms with van der Waals surface area (Å²) >= 11 is 0. The minimum atomic E-state index is -0.437. The summed E-state index contributed by atoms with van der Waals surface area (Å²) in [6.45, 7) is 21.2. The molecule has 0 fully saturated rings. The van der Waals surface area contributed by atoms with Gasteiger partial charge in [0, 0.05) is 35.5 Å². The summed E-state index contributed by atoms with van der Waals surface area (Å²) in [5, 5.41) is 3.23. The number of fused-ring (bicyclic) bond motifs is 1. The molecule has 0 saturated heterocycles. The molecule has 0 spiro atoms. The molecule has 1 heterocycles. The number of allylic oxidation sites excluding steroid dienone is 3. The number of benzene rings is 1. The van der Waals surface area contributed by atoms with Crippen LogP contribution in [-0.2, 0) is 0 Å². The van der Waals surface area contributed by atoms with Gasteiger partial charge in [0.15, 0.2) is 5.82 Å². The summed E-state index contributed by atoms with van der Waals surface area (Å²) in [7, 11) is 0. The zero-order chi connectivity index (χ0) is 20.3. The minimum absolute atomic E-state index is 0.125. The zero-order valence-electron chi connectivity index (χ0n) is 17.1. The van der Waals surface area contributed by atoms with E-state index in [2.05, 4.69) is 56.9 Å². The van der Waals surface area contributed by atoms with Crippen LogP contribution < -0.4 is 16.0 Å². The zero-order valence-corrected chi connectivity index (χ0v) is 17.1. The van der Waals surface area contributed by atoms with Crippen LogP contribution in [0.25, 0.3) is 11.6 Å². The van der Waals surface area contributed by atoms with E-state index >= 15 is 4.39 Å². The molecule has 3 N–H and O–H groups in total. The molecule has 0 bridgehead atoms. The summed E-state index contributed by atoms with van der Waals surface area (Å²) < 4.78 is 15.2. The molecule has 3 nitrogen and oxygen atoms in total. The van der Waals surface area contributed by atoms with Gasteiger partial charge in [-0.25, -0.2) is 4.39 Å². The first-order valence-electron chi connectivity index (χ1n) is 9.66. The Kier molecular flexibility index (Phi) is 6.53. The van der Waals surface area contributed by atoms with Gasteiger partial charge in [0.1, 0.15) is 0 Å². The molecule has 1 atom stereocenters. The maximum atomic E-state index is 15.2. The van der Waals surface area contributed by atoms with E-state index in [0.29, 0.717) is 23.4 Å². The Labute approximate surface area is 163 Å². The van der Waals surface area contributed by atoms with Crippen LogP contribution in [0.3, 0.4) is 0 Å². The number of nitrogen functional groups attached to an aromatic ring is 1. The van der Waals surface area contributed by atoms with Gasteiger partial charge in [0.2, 0.25) is 0 Å². The van der Waals surface area contributed by atoms with E-state index in [0.717, 1.165) is 41.7 Å². The maximum absolute atomic E-state index is 15.2. The monoisotopic (exact) mass is 369 g/mol. The normalized spacial score (nSPS) is 14.5. The molecule has 0 amide bonds. The van der Waals surface area contributed by atoms with Crippen LogP contribution in [0.5, 0.6) is 0 Å². The van der Waals surface area contributed by atoms with E-state index in [1.807, 2.05) is 6.92 Å². The van der Waals surface area contributed by atoms with Gasteiger partial charge in [-0.15, -0.1) is 0 Å². The van der Waals surface area contributed by atoms with Crippen molar-refractivity contribution in [3.8, 4) is 0 Å². The third-order valence-corrected chi connectivity index (χ3v) is 5.20. The second-order valence-electron chi connectivity index (χ2n) is 7.19. The molecule has 0 radical (unpaired) electrons. The number of halogens is 1. The summed E-state index contributed by atoms with van der Waals surface area (Å²) in [5.74, 6) is -0.437. The molecule has 0 aliphatic carbocycles. The topological polar surface area (TPSA) is 41.3 Å². The molecular formula is C23H32FN3. The highest BCUT2D eigenvalue weighted by molar-refractivity contribution is 6.02. The highest BCUT2D eigenvalue weighted by Crippen LogP contribution is 2.49. The van der Waals surface area contributed by atoms with Gasteiger partial charge in [-0.3, -0.25) is 0 Å². The van der Waals surface area contributed by atoms with Crippen molar-refractivity contribution in [2.24, 2.45) is 0 Å². The molecule has 0 saturated carbocycles. The van der Waals surface area contributed by atoms with Gasteiger partial charge in [0.05, 0.1) is 17.1 Å². The first kappa shape index (κ1) is 20.8. The third-order valence-electron chi connectivity index (χ3n) is 5.20. The molecular weight excluding hydrogens is 337 g/mol. The third kappa shape index (κ3) is 3.66. The Balaban J connectivity index is 2.80. The number of nitrogens with two attached hydrogens (primary N) is 1. The van der Waals surface area contributed by atoms with Gasteiger partial charge in [-0.2, -0.15) is 0 Å². The molecule has 1 aromatic rings. The van der Waals surface area contributed by atoms with Gasteiger partial charge >= 0.3 is 0 Å². The molecule has 4 heteroatoms. The van der Waals surface area contributed by atoms with Crippen molar-refractivity contribution in [1.29, 1.82) is 0 Å². The van der Waals surface area contributed by atoms with Crippen LogP contribution in [0, 0.1) is 5.82 Å². The van der Waals surface area contributed by atoms with Crippen LogP contribution in [0.2, 0.25) is 0 Å². The van der Waals surface area contributed by atoms with Crippen LogP contribution in [-0.4, -0.2) is 12.6 Å². The largest absolute Gasteiger partial charge is 0.396 e. The highest BCUT2D eigenvalue weighted by atomic mass is 19.1. The molecule has 1 aliphatic heterocycles. The van der Waals surface area contributed by atoms with Gasteiger partial charge < -0.3 is 16.0 Å². The summed E-state index contributed by atoms with van der Waals surface area (Å²) in [4.78, 5) is 2.16. The second-order valence-corrected chi connectivity index (χ2v) is 7.19. The van der Waals surface area contributed by atoms with E-state index in [4.69, 9.17) is 5.73 Å². The minimum Gasteiger partial charge on any atom is -0.396 e.